The summed E-state index contributed by atoms with van der Waals surface area (Å²) in [6.07, 6.45) is 2.65. The van der Waals surface area contributed by atoms with E-state index in [0.29, 0.717) is 22.4 Å². The molecule has 8 heteroatoms. The van der Waals surface area contributed by atoms with Gasteiger partial charge in [0.15, 0.2) is 5.78 Å². The molecule has 1 unspecified atom stereocenters. The number of hydrogen-bond donors (Lipinski definition) is 0. The highest BCUT2D eigenvalue weighted by molar-refractivity contribution is 6.10. The second-order valence-corrected chi connectivity index (χ2v) is 10.2. The fourth-order valence-electron chi connectivity index (χ4n) is 4.86. The van der Waals surface area contributed by atoms with Gasteiger partial charge in [0.25, 0.3) is 0 Å². The average molecular weight is 531 g/mol. The summed E-state index contributed by atoms with van der Waals surface area (Å²) in [5.74, 6) is 5.92. The maximum atomic E-state index is 14.0. The van der Waals surface area contributed by atoms with E-state index < -0.39 is 11.7 Å². The number of dihydropyridines is 1. The van der Waals surface area contributed by atoms with Gasteiger partial charge >= 0.3 is 6.18 Å². The van der Waals surface area contributed by atoms with Gasteiger partial charge < -0.3 is 4.90 Å². The maximum Gasteiger partial charge on any atom is 0.416 e. The number of alkyl halides is 3. The minimum Gasteiger partial charge on any atom is -0.304 e. The normalized spacial score (nSPS) is 19.3. The van der Waals surface area contributed by atoms with Crippen LogP contribution in [0.4, 0.5) is 13.2 Å². The van der Waals surface area contributed by atoms with Crippen LogP contribution in [-0.4, -0.2) is 66.8 Å². The molecule has 5 rings (SSSR count). The lowest BCUT2D eigenvalue weighted by atomic mass is 9.96. The van der Waals surface area contributed by atoms with Crippen molar-refractivity contribution in [3.8, 4) is 11.8 Å². The van der Waals surface area contributed by atoms with Crippen LogP contribution in [0.3, 0.4) is 0 Å². The van der Waals surface area contributed by atoms with Crippen LogP contribution in [0, 0.1) is 18.8 Å². The molecule has 1 fully saturated rings. The van der Waals surface area contributed by atoms with Gasteiger partial charge in [-0.05, 0) is 54.8 Å². The molecular weight excluding hydrogens is 501 g/mol. The number of hydrogen-bond acceptors (Lipinski definition) is 5. The molecular formula is C31H29F3N4O. The second-order valence-electron chi connectivity index (χ2n) is 10.2. The highest BCUT2D eigenvalue weighted by atomic mass is 19.4. The van der Waals surface area contributed by atoms with Crippen LogP contribution >= 0.6 is 0 Å². The standard InChI is InChI=1S/C31H29F3N4O/c1-21-5-7-24(18-23(21)9-10-28-30-25(19-36-28)4-3-11-35-30)29(39)17-22-6-8-26(27(16-22)31(32,33)34)20-38-14-12-37(2)13-15-38/h3-8,11,16,18-19,30H,12-15,17,20H2,1-2H3. The third-order valence-corrected chi connectivity index (χ3v) is 7.26. The van der Waals surface area contributed by atoms with Crippen molar-refractivity contribution in [3.63, 3.8) is 0 Å². The number of piperazine rings is 1. The van der Waals surface area contributed by atoms with E-state index in [1.54, 1.807) is 36.7 Å². The third-order valence-electron chi connectivity index (χ3n) is 7.26. The molecule has 0 spiro atoms. The minimum absolute atomic E-state index is 0.128. The molecule has 3 aliphatic heterocycles. The van der Waals surface area contributed by atoms with E-state index in [4.69, 9.17) is 0 Å². The molecule has 3 heterocycles. The number of likely N-dealkylation sites (N-methyl/N-ethyl adjacent to an activating group) is 1. The predicted molar refractivity (Wildman–Crippen MR) is 147 cm³/mol. The summed E-state index contributed by atoms with van der Waals surface area (Å²) in [6.45, 7) is 5.24. The number of allylic oxidation sites excluding steroid dienone is 1. The van der Waals surface area contributed by atoms with Crippen molar-refractivity contribution in [1.29, 1.82) is 0 Å². The van der Waals surface area contributed by atoms with E-state index in [-0.39, 0.29) is 30.4 Å². The van der Waals surface area contributed by atoms with Crippen LogP contribution < -0.4 is 0 Å². The van der Waals surface area contributed by atoms with Gasteiger partial charge in [0.05, 0.1) is 5.56 Å². The van der Waals surface area contributed by atoms with E-state index in [9.17, 15) is 18.0 Å². The molecule has 0 saturated carbocycles. The molecule has 1 atom stereocenters. The van der Waals surface area contributed by atoms with Gasteiger partial charge in [0, 0.05) is 68.3 Å². The maximum absolute atomic E-state index is 14.0. The quantitative estimate of drug-likeness (QED) is 0.409. The Balaban J connectivity index is 1.32. The van der Waals surface area contributed by atoms with Crippen molar-refractivity contribution >= 4 is 17.7 Å². The Morgan fingerprint density at radius 3 is 2.64 bits per heavy atom. The lowest BCUT2D eigenvalue weighted by molar-refractivity contribution is -0.138. The number of halogens is 3. The summed E-state index contributed by atoms with van der Waals surface area (Å²) >= 11 is 0. The van der Waals surface area contributed by atoms with Crippen LogP contribution in [-0.2, 0) is 19.1 Å². The average Bonchev–Trinajstić information content (AvgIpc) is 3.33. The Kier molecular flexibility index (Phi) is 7.65. The van der Waals surface area contributed by atoms with E-state index >= 15 is 0 Å². The summed E-state index contributed by atoms with van der Waals surface area (Å²) < 4.78 is 41.9. The van der Waals surface area contributed by atoms with Gasteiger partial charge in [0.1, 0.15) is 11.8 Å². The molecule has 200 valence electrons. The zero-order chi connectivity index (χ0) is 27.6. The smallest absolute Gasteiger partial charge is 0.304 e. The molecule has 1 saturated heterocycles. The van der Waals surface area contributed by atoms with Crippen LogP contribution in [0.1, 0.15) is 38.2 Å². The van der Waals surface area contributed by atoms with Crippen LogP contribution in [0.5, 0.6) is 0 Å². The van der Waals surface area contributed by atoms with E-state index in [0.717, 1.165) is 43.4 Å². The summed E-state index contributed by atoms with van der Waals surface area (Å²) in [4.78, 5) is 26.1. The number of benzene rings is 2. The molecule has 0 radical (unpaired) electrons. The van der Waals surface area contributed by atoms with Gasteiger partial charge in [-0.3, -0.25) is 14.7 Å². The van der Waals surface area contributed by atoms with Crippen LogP contribution in [0.25, 0.3) is 0 Å². The van der Waals surface area contributed by atoms with E-state index in [2.05, 4.69) is 26.7 Å². The Morgan fingerprint density at radius 2 is 1.87 bits per heavy atom. The third kappa shape index (κ3) is 6.27. The number of carbonyl (C=O) groups is 1. The van der Waals surface area contributed by atoms with E-state index in [1.165, 1.54) is 6.07 Å². The molecule has 0 amide bonds. The zero-order valence-corrected chi connectivity index (χ0v) is 21.9. The van der Waals surface area contributed by atoms with Gasteiger partial charge in [-0.15, -0.1) is 0 Å². The largest absolute Gasteiger partial charge is 0.416 e. The van der Waals surface area contributed by atoms with Crippen molar-refractivity contribution in [3.05, 3.63) is 93.7 Å². The van der Waals surface area contributed by atoms with Gasteiger partial charge in [-0.2, -0.15) is 13.2 Å². The first-order chi connectivity index (χ1) is 18.7. The van der Waals surface area contributed by atoms with Crippen LogP contribution in [0.15, 0.2) is 70.3 Å². The van der Waals surface area contributed by atoms with Gasteiger partial charge in [-0.1, -0.05) is 36.3 Å². The number of rotatable bonds is 5. The zero-order valence-electron chi connectivity index (χ0n) is 21.9. The molecule has 3 aliphatic rings. The van der Waals surface area contributed by atoms with Crippen molar-refractivity contribution in [1.82, 2.24) is 9.80 Å². The molecule has 5 nitrogen and oxygen atoms in total. The highest BCUT2D eigenvalue weighted by Crippen LogP contribution is 2.34. The molecule has 0 aromatic heterocycles. The molecule has 0 aliphatic carbocycles. The van der Waals surface area contributed by atoms with Crippen molar-refractivity contribution in [2.24, 2.45) is 9.98 Å². The second kappa shape index (κ2) is 11.1. The first-order valence-corrected chi connectivity index (χ1v) is 12.9. The fraction of sp³-hybridized carbons (Fsp3) is 0.323. The lowest BCUT2D eigenvalue weighted by Gasteiger charge is -2.33. The molecule has 2 aromatic rings. The predicted octanol–water partition coefficient (Wildman–Crippen LogP) is 4.89. The van der Waals surface area contributed by atoms with Gasteiger partial charge in [-0.25, -0.2) is 4.99 Å². The SMILES string of the molecule is Cc1ccc(C(=O)Cc2ccc(CN3CCN(C)CC3)c(C(F)(F)F)c2)cc1C#CC1=NC=C2C=CC=NC21. The summed E-state index contributed by atoms with van der Waals surface area (Å²) in [5.41, 5.74) is 3.49. The molecule has 0 bridgehead atoms. The van der Waals surface area contributed by atoms with Crippen molar-refractivity contribution < 1.29 is 18.0 Å². The monoisotopic (exact) mass is 530 g/mol. The van der Waals surface area contributed by atoms with E-state index in [1.807, 2.05) is 31.0 Å². The number of aryl methyl sites for hydroxylation is 1. The lowest BCUT2D eigenvalue weighted by Crippen LogP contribution is -2.44. The topological polar surface area (TPSA) is 48.3 Å². The molecule has 2 aromatic carbocycles. The van der Waals surface area contributed by atoms with Gasteiger partial charge in [0.2, 0.25) is 0 Å². The summed E-state index contributed by atoms with van der Waals surface area (Å²) in [6, 6.07) is 9.27. The fourth-order valence-corrected chi connectivity index (χ4v) is 4.86. The first-order valence-electron chi connectivity index (χ1n) is 12.9. The van der Waals surface area contributed by atoms with Crippen molar-refractivity contribution in [2.75, 3.05) is 33.2 Å². The number of nitrogens with zero attached hydrogens (tertiary/aromatic N) is 4. The summed E-state index contributed by atoms with van der Waals surface area (Å²) in [7, 11) is 2.01. The minimum atomic E-state index is -4.50. The Bertz CT molecular complexity index is 1460. The Hall–Kier alpha value is -3.80. The number of Topliss-reactive ketones (excluding diaryl/α,β-unsaturated/α-hetero) is 1. The van der Waals surface area contributed by atoms with Crippen molar-refractivity contribution in [2.45, 2.75) is 32.1 Å². The Labute approximate surface area is 226 Å². The number of fused-ring (bicyclic) bond motifs is 1. The molecule has 39 heavy (non-hydrogen) atoms. The number of ketones is 1. The Morgan fingerprint density at radius 1 is 1.08 bits per heavy atom. The van der Waals surface area contributed by atoms with Crippen LogP contribution in [0.2, 0.25) is 0 Å². The summed E-state index contributed by atoms with van der Waals surface area (Å²) in [5, 5.41) is 0. The first kappa shape index (κ1) is 26.8. The highest BCUT2D eigenvalue weighted by Gasteiger charge is 2.34. The molecule has 0 N–H and O–H groups in total. The number of carbonyl (C=O) groups excluding carboxylic acids is 1. The number of aliphatic imine (C=N–C) groups is 2.